The molecule has 0 aliphatic carbocycles. The lowest BCUT2D eigenvalue weighted by Gasteiger charge is -2.24. The molecule has 0 aromatic carbocycles. The van der Waals surface area contributed by atoms with E-state index < -0.39 is 21.6 Å². The minimum absolute atomic E-state index is 0.0428. The van der Waals surface area contributed by atoms with Crippen molar-refractivity contribution in [1.82, 2.24) is 9.21 Å². The van der Waals surface area contributed by atoms with Gasteiger partial charge in [0.1, 0.15) is 0 Å². The Morgan fingerprint density at radius 1 is 1.27 bits per heavy atom. The van der Waals surface area contributed by atoms with Crippen molar-refractivity contribution in [1.29, 1.82) is 0 Å². The average Bonchev–Trinajstić information content (AvgIpc) is 3.06. The predicted octanol–water partition coefficient (Wildman–Crippen LogP) is 0.405. The molecule has 3 aliphatic heterocycles. The van der Waals surface area contributed by atoms with Crippen LogP contribution in [0.5, 0.6) is 0 Å². The number of alkyl halides is 3. The number of halogens is 3. The smallest absolute Gasteiger partial charge is 0.376 e. The predicted molar refractivity (Wildman–Crippen MR) is 69.1 cm³/mol. The van der Waals surface area contributed by atoms with E-state index >= 15 is 0 Å². The molecule has 0 saturated carbocycles. The van der Waals surface area contributed by atoms with Crippen LogP contribution in [0.2, 0.25) is 0 Å². The van der Waals surface area contributed by atoms with E-state index in [2.05, 4.69) is 0 Å². The molecule has 0 radical (unpaired) electrons. The van der Waals surface area contributed by atoms with E-state index in [0.29, 0.717) is 30.4 Å². The van der Waals surface area contributed by atoms with Gasteiger partial charge in [0.25, 0.3) is 0 Å². The largest absolute Gasteiger partial charge is 0.511 e. The number of rotatable bonds is 3. The lowest BCUT2D eigenvalue weighted by molar-refractivity contribution is -0.128. The van der Waals surface area contributed by atoms with Crippen LogP contribution in [0.1, 0.15) is 12.8 Å². The van der Waals surface area contributed by atoms with Crippen molar-refractivity contribution < 1.29 is 31.1 Å². The monoisotopic (exact) mass is 342 g/mol. The van der Waals surface area contributed by atoms with Gasteiger partial charge in [-0.25, -0.2) is 8.42 Å². The molecule has 0 bridgehead atoms. The van der Waals surface area contributed by atoms with E-state index in [1.807, 2.05) is 0 Å². The number of nitrogens with zero attached hydrogens (tertiary/aromatic N) is 2. The number of fused-ring (bicyclic) bond motifs is 1. The van der Waals surface area contributed by atoms with Gasteiger partial charge in [0.05, 0.1) is 12.7 Å². The van der Waals surface area contributed by atoms with Gasteiger partial charge in [0.2, 0.25) is 5.91 Å². The summed E-state index contributed by atoms with van der Waals surface area (Å²) in [4.78, 5) is 13.3. The molecule has 3 aliphatic rings. The van der Waals surface area contributed by atoms with Gasteiger partial charge in [0, 0.05) is 44.4 Å². The fourth-order valence-corrected chi connectivity index (χ4v) is 4.48. The maximum atomic E-state index is 12.6. The number of sulfonamides is 1. The van der Waals surface area contributed by atoms with Crippen molar-refractivity contribution in [2.45, 2.75) is 24.5 Å². The number of carbonyl (C=O) groups is 1. The van der Waals surface area contributed by atoms with Crippen LogP contribution in [0.3, 0.4) is 0 Å². The Bertz CT molecular complexity index is 565. The highest BCUT2D eigenvalue weighted by Gasteiger charge is 2.56. The van der Waals surface area contributed by atoms with Gasteiger partial charge >= 0.3 is 15.5 Å². The lowest BCUT2D eigenvalue weighted by Crippen LogP contribution is -2.41. The number of ether oxygens (including phenoxy) is 1. The van der Waals surface area contributed by atoms with E-state index in [9.17, 15) is 26.4 Å². The summed E-state index contributed by atoms with van der Waals surface area (Å²) in [5, 5.41) is 0. The van der Waals surface area contributed by atoms with E-state index in [1.54, 1.807) is 4.90 Å². The van der Waals surface area contributed by atoms with E-state index in [0.717, 1.165) is 6.42 Å². The third-order valence-corrected chi connectivity index (χ3v) is 6.23. The summed E-state index contributed by atoms with van der Waals surface area (Å²) in [7, 11) is -5.31. The summed E-state index contributed by atoms with van der Waals surface area (Å²) in [5.74, 6) is -0.354. The summed E-state index contributed by atoms with van der Waals surface area (Å²) in [6, 6.07) is 0. The topological polar surface area (TPSA) is 66.9 Å². The van der Waals surface area contributed by atoms with Crippen molar-refractivity contribution in [3.63, 3.8) is 0 Å². The molecule has 6 nitrogen and oxygen atoms in total. The maximum absolute atomic E-state index is 12.6. The van der Waals surface area contributed by atoms with Gasteiger partial charge in [-0.3, -0.25) is 4.79 Å². The first-order valence-corrected chi connectivity index (χ1v) is 8.60. The van der Waals surface area contributed by atoms with Crippen molar-refractivity contribution >= 4 is 15.9 Å². The van der Waals surface area contributed by atoms with Gasteiger partial charge in [-0.1, -0.05) is 0 Å². The molecule has 0 N–H and O–H groups in total. The summed E-state index contributed by atoms with van der Waals surface area (Å²) < 4.78 is 66.7. The van der Waals surface area contributed by atoms with Gasteiger partial charge in [-0.2, -0.15) is 17.5 Å². The number of amides is 1. The standard InChI is InChI=1S/C12H17F3N2O4S/c13-12(14,15)22(19,20)17-5-9-8(7-21-10(9)6-17)4-16-3-1-2-11(16)18/h8-10H,1-7H2/t8-,9+,10+/m0/s1. The second kappa shape index (κ2) is 5.34. The number of carbonyl (C=O) groups excluding carboxylic acids is 1. The fraction of sp³-hybridized carbons (Fsp3) is 0.917. The minimum Gasteiger partial charge on any atom is -0.376 e. The van der Waals surface area contributed by atoms with Crippen LogP contribution in [0, 0.1) is 11.8 Å². The highest BCUT2D eigenvalue weighted by atomic mass is 32.2. The highest BCUT2D eigenvalue weighted by molar-refractivity contribution is 7.90. The number of hydrogen-bond acceptors (Lipinski definition) is 4. The van der Waals surface area contributed by atoms with Gasteiger partial charge < -0.3 is 9.64 Å². The molecule has 3 saturated heterocycles. The third-order valence-electron chi connectivity index (χ3n) is 4.66. The molecule has 126 valence electrons. The SMILES string of the molecule is O=C1CCCN1C[C@H]1CO[C@@H]2CN(S(=O)(=O)C(F)(F)F)C[C@H]12. The fourth-order valence-electron chi connectivity index (χ4n) is 3.47. The summed E-state index contributed by atoms with van der Waals surface area (Å²) in [6.45, 7) is 0.979. The normalized spacial score (nSPS) is 33.7. The molecule has 10 heteroatoms. The van der Waals surface area contributed by atoms with Crippen LogP contribution in [0.4, 0.5) is 13.2 Å². The van der Waals surface area contributed by atoms with E-state index in [4.69, 9.17) is 4.74 Å². The van der Waals surface area contributed by atoms with E-state index in [1.165, 1.54) is 0 Å². The number of likely N-dealkylation sites (tertiary alicyclic amines) is 1. The molecule has 3 rings (SSSR count). The van der Waals surface area contributed by atoms with Gasteiger partial charge in [0.15, 0.2) is 0 Å². The Balaban J connectivity index is 1.67. The van der Waals surface area contributed by atoms with Crippen molar-refractivity contribution in [3.8, 4) is 0 Å². The molecule has 0 unspecified atom stereocenters. The zero-order valence-electron chi connectivity index (χ0n) is 11.8. The van der Waals surface area contributed by atoms with Crippen molar-refractivity contribution in [2.75, 3.05) is 32.8 Å². The Hall–Kier alpha value is -0.870. The van der Waals surface area contributed by atoms with Gasteiger partial charge in [-0.05, 0) is 6.42 Å². The summed E-state index contributed by atoms with van der Waals surface area (Å²) in [5.41, 5.74) is -5.29. The molecular formula is C12H17F3N2O4S. The quantitative estimate of drug-likeness (QED) is 0.745. The first kappa shape index (κ1) is 16.0. The Morgan fingerprint density at radius 2 is 2.00 bits per heavy atom. The molecule has 3 fully saturated rings. The Kier molecular flexibility index (Phi) is 3.89. The lowest BCUT2D eigenvalue weighted by atomic mass is 9.93. The molecule has 22 heavy (non-hydrogen) atoms. The second-order valence-electron chi connectivity index (χ2n) is 6.01. The molecule has 0 spiro atoms. The zero-order valence-corrected chi connectivity index (χ0v) is 12.6. The summed E-state index contributed by atoms with van der Waals surface area (Å²) in [6.07, 6.45) is 0.769. The van der Waals surface area contributed by atoms with Gasteiger partial charge in [-0.15, -0.1) is 0 Å². The first-order valence-electron chi connectivity index (χ1n) is 7.16. The van der Waals surface area contributed by atoms with Crippen LogP contribution in [0.15, 0.2) is 0 Å². The number of hydrogen-bond donors (Lipinski definition) is 0. The van der Waals surface area contributed by atoms with Crippen molar-refractivity contribution in [3.05, 3.63) is 0 Å². The molecule has 1 amide bonds. The van der Waals surface area contributed by atoms with Crippen LogP contribution in [-0.2, 0) is 19.6 Å². The molecular weight excluding hydrogens is 325 g/mol. The zero-order chi connectivity index (χ0) is 16.1. The molecule has 0 aromatic rings. The Labute approximate surface area is 126 Å². The first-order chi connectivity index (χ1) is 10.2. The Morgan fingerprint density at radius 3 is 2.59 bits per heavy atom. The molecule has 3 atom stereocenters. The summed E-state index contributed by atoms with van der Waals surface area (Å²) >= 11 is 0. The highest BCUT2D eigenvalue weighted by Crippen LogP contribution is 2.38. The van der Waals surface area contributed by atoms with Crippen LogP contribution < -0.4 is 0 Å². The van der Waals surface area contributed by atoms with Crippen LogP contribution in [0.25, 0.3) is 0 Å². The van der Waals surface area contributed by atoms with Crippen LogP contribution >= 0.6 is 0 Å². The molecule has 3 heterocycles. The third kappa shape index (κ3) is 2.61. The second-order valence-corrected chi connectivity index (χ2v) is 7.94. The minimum atomic E-state index is -5.31. The maximum Gasteiger partial charge on any atom is 0.511 e. The average molecular weight is 342 g/mol. The molecule has 0 aromatic heterocycles. The van der Waals surface area contributed by atoms with Crippen LogP contribution in [-0.4, -0.2) is 67.9 Å². The van der Waals surface area contributed by atoms with E-state index in [-0.39, 0.29) is 30.8 Å². The van der Waals surface area contributed by atoms with Crippen molar-refractivity contribution in [2.24, 2.45) is 11.8 Å².